The van der Waals surface area contributed by atoms with Gasteiger partial charge in [0.15, 0.2) is 0 Å². The Balaban J connectivity index is 3.01. The lowest BCUT2D eigenvalue weighted by molar-refractivity contribution is 0.152. The molecule has 1 aromatic rings. The van der Waals surface area contributed by atoms with Gasteiger partial charge in [-0.05, 0) is 24.6 Å². The number of aromatic hydroxyl groups is 2. The van der Waals surface area contributed by atoms with Gasteiger partial charge in [-0.15, -0.1) is 0 Å². The fourth-order valence-electron chi connectivity index (χ4n) is 1.09. The molecule has 0 spiro atoms. The number of benzene rings is 1. The van der Waals surface area contributed by atoms with Crippen LogP contribution in [0, 0.1) is 0 Å². The second kappa shape index (κ2) is 3.64. The summed E-state index contributed by atoms with van der Waals surface area (Å²) in [4.78, 5) is 0. The van der Waals surface area contributed by atoms with Gasteiger partial charge in [0.25, 0.3) is 0 Å². The molecule has 0 fully saturated rings. The Labute approximate surface area is 76.2 Å². The second-order valence-corrected chi connectivity index (χ2v) is 3.09. The quantitative estimate of drug-likeness (QED) is 0.537. The van der Waals surface area contributed by atoms with Gasteiger partial charge in [-0.3, -0.25) is 0 Å². The first-order chi connectivity index (χ1) is 6.00. The number of aliphatic hydroxyl groups is 1. The van der Waals surface area contributed by atoms with Crippen LogP contribution in [0.1, 0.15) is 18.6 Å². The van der Waals surface area contributed by atoms with E-state index >= 15 is 0 Å². The summed E-state index contributed by atoms with van der Waals surface area (Å²) in [5.41, 5.74) is 5.86. The van der Waals surface area contributed by atoms with Gasteiger partial charge in [0, 0.05) is 12.1 Å². The fraction of sp³-hybridized carbons (Fsp3) is 0.333. The summed E-state index contributed by atoms with van der Waals surface area (Å²) in [6.45, 7) is 1.64. The Kier molecular flexibility index (Phi) is 2.75. The van der Waals surface area contributed by atoms with Crippen molar-refractivity contribution in [2.75, 3.05) is 0 Å². The van der Waals surface area contributed by atoms with Crippen molar-refractivity contribution in [2.45, 2.75) is 19.1 Å². The zero-order valence-corrected chi connectivity index (χ0v) is 7.31. The molecule has 1 rings (SSSR count). The van der Waals surface area contributed by atoms with Crippen LogP contribution in [0.5, 0.6) is 11.5 Å². The van der Waals surface area contributed by atoms with Crippen molar-refractivity contribution in [1.82, 2.24) is 0 Å². The van der Waals surface area contributed by atoms with Crippen LogP contribution in [0.4, 0.5) is 0 Å². The van der Waals surface area contributed by atoms with Crippen molar-refractivity contribution >= 4 is 0 Å². The number of nitrogens with two attached hydrogens (primary N) is 1. The van der Waals surface area contributed by atoms with Gasteiger partial charge in [0.1, 0.15) is 11.5 Å². The van der Waals surface area contributed by atoms with E-state index in [1.165, 1.54) is 18.2 Å². The number of hydrogen-bond donors (Lipinski definition) is 4. The van der Waals surface area contributed by atoms with Crippen LogP contribution in [0.3, 0.4) is 0 Å². The third kappa shape index (κ3) is 2.34. The first kappa shape index (κ1) is 9.83. The fourth-order valence-corrected chi connectivity index (χ4v) is 1.09. The van der Waals surface area contributed by atoms with Crippen molar-refractivity contribution in [1.29, 1.82) is 0 Å². The average molecular weight is 183 g/mol. The van der Waals surface area contributed by atoms with Gasteiger partial charge < -0.3 is 21.1 Å². The summed E-state index contributed by atoms with van der Waals surface area (Å²) < 4.78 is 0. The van der Waals surface area contributed by atoms with Crippen molar-refractivity contribution < 1.29 is 15.3 Å². The van der Waals surface area contributed by atoms with Crippen LogP contribution >= 0.6 is 0 Å². The lowest BCUT2D eigenvalue weighted by Crippen LogP contribution is -2.24. The summed E-state index contributed by atoms with van der Waals surface area (Å²) in [5.74, 6) is -0.176. The Morgan fingerprint density at radius 2 is 1.62 bits per heavy atom. The lowest BCUT2D eigenvalue weighted by Gasteiger charge is -2.15. The maximum absolute atomic E-state index is 9.50. The Bertz CT molecular complexity index is 279. The van der Waals surface area contributed by atoms with E-state index < -0.39 is 12.1 Å². The first-order valence-corrected chi connectivity index (χ1v) is 3.97. The zero-order valence-electron chi connectivity index (χ0n) is 7.31. The van der Waals surface area contributed by atoms with Gasteiger partial charge in [0.05, 0.1) is 6.10 Å². The second-order valence-electron chi connectivity index (χ2n) is 3.09. The van der Waals surface area contributed by atoms with E-state index in [1.54, 1.807) is 6.92 Å². The molecule has 72 valence electrons. The SMILES string of the molecule is CC(N)[C@@H](O)c1cc(O)cc(O)c1. The maximum atomic E-state index is 9.50. The number of hydrogen-bond acceptors (Lipinski definition) is 4. The van der Waals surface area contributed by atoms with E-state index in [0.29, 0.717) is 5.56 Å². The van der Waals surface area contributed by atoms with E-state index in [4.69, 9.17) is 15.9 Å². The number of aliphatic hydroxyl groups excluding tert-OH is 1. The molecule has 1 aromatic carbocycles. The molecular formula is C9H13NO3. The van der Waals surface area contributed by atoms with E-state index in [1.807, 2.05) is 0 Å². The largest absolute Gasteiger partial charge is 0.508 e. The van der Waals surface area contributed by atoms with Crippen LogP contribution < -0.4 is 5.73 Å². The summed E-state index contributed by atoms with van der Waals surface area (Å²) in [6, 6.07) is 3.49. The molecule has 2 atom stereocenters. The van der Waals surface area contributed by atoms with Gasteiger partial charge in [0.2, 0.25) is 0 Å². The van der Waals surface area contributed by atoms with Crippen LogP contribution in [0.2, 0.25) is 0 Å². The molecule has 0 aliphatic heterocycles. The molecule has 0 aromatic heterocycles. The molecule has 4 heteroatoms. The molecule has 0 saturated heterocycles. The monoisotopic (exact) mass is 183 g/mol. The minimum Gasteiger partial charge on any atom is -0.508 e. The Morgan fingerprint density at radius 3 is 2.00 bits per heavy atom. The molecule has 5 N–H and O–H groups in total. The van der Waals surface area contributed by atoms with Gasteiger partial charge in [-0.2, -0.15) is 0 Å². The molecule has 0 aliphatic carbocycles. The zero-order chi connectivity index (χ0) is 10.0. The molecule has 0 saturated carbocycles. The van der Waals surface area contributed by atoms with Crippen molar-refractivity contribution in [2.24, 2.45) is 5.73 Å². The van der Waals surface area contributed by atoms with Crippen LogP contribution in [0.25, 0.3) is 0 Å². The minimum atomic E-state index is -0.877. The van der Waals surface area contributed by atoms with Gasteiger partial charge in [-0.25, -0.2) is 0 Å². The van der Waals surface area contributed by atoms with E-state index in [0.717, 1.165) is 0 Å². The minimum absolute atomic E-state index is 0.0882. The Hall–Kier alpha value is -1.26. The normalized spacial score (nSPS) is 15.3. The first-order valence-electron chi connectivity index (χ1n) is 3.97. The molecule has 0 radical (unpaired) electrons. The lowest BCUT2D eigenvalue weighted by atomic mass is 10.0. The molecule has 4 nitrogen and oxygen atoms in total. The third-order valence-electron chi connectivity index (χ3n) is 1.76. The third-order valence-corrected chi connectivity index (χ3v) is 1.76. The summed E-state index contributed by atoms with van der Waals surface area (Å²) in [7, 11) is 0. The van der Waals surface area contributed by atoms with Crippen LogP contribution in [-0.2, 0) is 0 Å². The molecule has 0 bridgehead atoms. The summed E-state index contributed by atoms with van der Waals surface area (Å²) in [5, 5.41) is 27.7. The Morgan fingerprint density at radius 1 is 1.15 bits per heavy atom. The number of phenols is 2. The molecule has 1 unspecified atom stereocenters. The van der Waals surface area contributed by atoms with Crippen molar-refractivity contribution in [3.8, 4) is 11.5 Å². The number of phenolic OH excluding ortho intramolecular Hbond substituents is 2. The standard InChI is InChI=1S/C9H13NO3/c1-5(10)9(13)6-2-7(11)4-8(12)3-6/h2-5,9,11-13H,10H2,1H3/t5?,9-/m1/s1. The van der Waals surface area contributed by atoms with Crippen molar-refractivity contribution in [3.05, 3.63) is 23.8 Å². The molecule has 0 heterocycles. The summed E-state index contributed by atoms with van der Waals surface area (Å²) >= 11 is 0. The van der Waals surface area contributed by atoms with Crippen LogP contribution in [-0.4, -0.2) is 21.4 Å². The predicted octanol–water partition coefficient (Wildman–Crippen LogP) is 0.478. The smallest absolute Gasteiger partial charge is 0.119 e. The van der Waals surface area contributed by atoms with E-state index in [9.17, 15) is 5.11 Å². The number of rotatable bonds is 2. The average Bonchev–Trinajstić information content (AvgIpc) is 2.01. The predicted molar refractivity (Wildman–Crippen MR) is 48.4 cm³/mol. The highest BCUT2D eigenvalue weighted by Gasteiger charge is 2.13. The highest BCUT2D eigenvalue weighted by atomic mass is 16.3. The van der Waals surface area contributed by atoms with E-state index in [-0.39, 0.29) is 11.5 Å². The topological polar surface area (TPSA) is 86.7 Å². The molecule has 13 heavy (non-hydrogen) atoms. The molecule has 0 amide bonds. The highest BCUT2D eigenvalue weighted by Crippen LogP contribution is 2.25. The van der Waals surface area contributed by atoms with Gasteiger partial charge in [-0.1, -0.05) is 0 Å². The molecule has 0 aliphatic rings. The highest BCUT2D eigenvalue weighted by molar-refractivity contribution is 5.37. The summed E-state index contributed by atoms with van der Waals surface area (Å²) in [6.07, 6.45) is -0.877. The van der Waals surface area contributed by atoms with Gasteiger partial charge >= 0.3 is 0 Å². The molecular weight excluding hydrogens is 170 g/mol. The maximum Gasteiger partial charge on any atom is 0.119 e. The van der Waals surface area contributed by atoms with Crippen molar-refractivity contribution in [3.63, 3.8) is 0 Å². The van der Waals surface area contributed by atoms with E-state index in [2.05, 4.69) is 0 Å². The van der Waals surface area contributed by atoms with Crippen LogP contribution in [0.15, 0.2) is 18.2 Å².